The summed E-state index contributed by atoms with van der Waals surface area (Å²) in [6.45, 7) is 1.02. The number of hydrogen-bond acceptors (Lipinski definition) is 5. The number of aromatic nitrogens is 5. The van der Waals surface area contributed by atoms with Gasteiger partial charge < -0.3 is 9.47 Å². The van der Waals surface area contributed by atoms with E-state index in [1.807, 2.05) is 28.8 Å². The van der Waals surface area contributed by atoms with E-state index in [9.17, 15) is 14.4 Å². The molecule has 0 saturated carbocycles. The molecular weight excluding hydrogens is 336 g/mol. The van der Waals surface area contributed by atoms with Crippen molar-refractivity contribution in [1.82, 2.24) is 29.0 Å². The van der Waals surface area contributed by atoms with Gasteiger partial charge in [-0.3, -0.25) is 19.0 Å². The van der Waals surface area contributed by atoms with Crippen LogP contribution in [0.25, 0.3) is 5.65 Å². The first-order valence-electron chi connectivity index (χ1n) is 8.43. The van der Waals surface area contributed by atoms with Crippen molar-refractivity contribution in [2.24, 2.45) is 7.05 Å². The minimum atomic E-state index is -0.659. The number of carbonyl (C=O) groups excluding carboxylic acids is 1. The largest absolute Gasteiger partial charge is 0.338 e. The van der Waals surface area contributed by atoms with Gasteiger partial charge in [0.05, 0.1) is 0 Å². The average Bonchev–Trinajstić information content (AvgIpc) is 3.08. The number of hydrogen-bond donors (Lipinski definition) is 1. The lowest BCUT2D eigenvalue weighted by Gasteiger charge is -2.31. The lowest BCUT2D eigenvalue weighted by molar-refractivity contribution is 0.0701. The molecule has 0 spiro atoms. The maximum absolute atomic E-state index is 12.8. The number of H-pyrrole nitrogens is 1. The van der Waals surface area contributed by atoms with Crippen LogP contribution in [0.5, 0.6) is 0 Å². The zero-order chi connectivity index (χ0) is 18.3. The van der Waals surface area contributed by atoms with Crippen molar-refractivity contribution in [3.63, 3.8) is 0 Å². The van der Waals surface area contributed by atoms with Crippen LogP contribution in [-0.4, -0.2) is 48.0 Å². The predicted molar refractivity (Wildman–Crippen MR) is 93.2 cm³/mol. The monoisotopic (exact) mass is 354 g/mol. The normalized spacial score (nSPS) is 17.6. The van der Waals surface area contributed by atoms with Gasteiger partial charge in [0, 0.05) is 38.4 Å². The maximum atomic E-state index is 12.8. The Labute approximate surface area is 147 Å². The molecule has 9 heteroatoms. The topological polar surface area (TPSA) is 105 Å². The second-order valence-electron chi connectivity index (χ2n) is 6.49. The third kappa shape index (κ3) is 2.71. The summed E-state index contributed by atoms with van der Waals surface area (Å²) in [5.74, 6) is 0.476. The molecule has 0 aliphatic carbocycles. The number of carbonyl (C=O) groups is 1. The molecule has 26 heavy (non-hydrogen) atoms. The number of piperidine rings is 1. The van der Waals surface area contributed by atoms with Gasteiger partial charge in [0.1, 0.15) is 11.4 Å². The van der Waals surface area contributed by atoms with Crippen molar-refractivity contribution in [2.75, 3.05) is 13.1 Å². The van der Waals surface area contributed by atoms with E-state index in [4.69, 9.17) is 0 Å². The molecule has 1 amide bonds. The molecule has 1 saturated heterocycles. The fraction of sp³-hybridized carbons (Fsp3) is 0.353. The predicted octanol–water partition coefficient (Wildman–Crippen LogP) is 0.136. The van der Waals surface area contributed by atoms with E-state index in [-0.39, 0.29) is 17.4 Å². The van der Waals surface area contributed by atoms with Gasteiger partial charge in [-0.2, -0.15) is 0 Å². The van der Waals surface area contributed by atoms with Gasteiger partial charge in [0.2, 0.25) is 0 Å². The summed E-state index contributed by atoms with van der Waals surface area (Å²) < 4.78 is 3.12. The standard InChI is InChI=1S/C17H18N6O3/c1-21-10-12(15(24)18-17(21)26)16(25)22-7-4-5-11(9-22)14-20-19-13-6-2-3-8-23(13)14/h2-3,6,8,10-11H,4-5,7,9H2,1H3,(H,18,24,26)/t11-/m0/s1. The van der Waals surface area contributed by atoms with Crippen molar-refractivity contribution in [2.45, 2.75) is 18.8 Å². The molecule has 3 aromatic rings. The van der Waals surface area contributed by atoms with E-state index in [0.29, 0.717) is 13.1 Å². The summed E-state index contributed by atoms with van der Waals surface area (Å²) in [6, 6.07) is 5.69. The molecule has 3 aromatic heterocycles. The van der Waals surface area contributed by atoms with E-state index in [1.54, 1.807) is 4.90 Å². The van der Waals surface area contributed by atoms with Gasteiger partial charge in [-0.05, 0) is 25.0 Å². The number of nitrogens with one attached hydrogen (secondary N) is 1. The smallest absolute Gasteiger partial charge is 0.328 e. The third-order valence-corrected chi connectivity index (χ3v) is 4.75. The van der Waals surface area contributed by atoms with Crippen LogP contribution in [0.1, 0.15) is 34.9 Å². The van der Waals surface area contributed by atoms with Crippen LogP contribution < -0.4 is 11.2 Å². The molecule has 1 atom stereocenters. The van der Waals surface area contributed by atoms with Crippen LogP contribution in [-0.2, 0) is 7.05 Å². The molecule has 0 aromatic carbocycles. The first-order valence-corrected chi connectivity index (χ1v) is 8.43. The summed E-state index contributed by atoms with van der Waals surface area (Å²) in [4.78, 5) is 40.1. The zero-order valence-electron chi connectivity index (χ0n) is 14.3. The van der Waals surface area contributed by atoms with Gasteiger partial charge in [0.25, 0.3) is 11.5 Å². The number of likely N-dealkylation sites (tertiary alicyclic amines) is 1. The number of rotatable bonds is 2. The minimum Gasteiger partial charge on any atom is -0.338 e. The Bertz CT molecular complexity index is 1100. The maximum Gasteiger partial charge on any atom is 0.328 e. The van der Waals surface area contributed by atoms with Crippen molar-refractivity contribution in [1.29, 1.82) is 0 Å². The first-order chi connectivity index (χ1) is 12.5. The number of aromatic amines is 1. The SMILES string of the molecule is Cn1cc(C(=O)N2CCC[C@H](c3nnc4ccccn34)C2)c(=O)[nH]c1=O. The van der Waals surface area contributed by atoms with Crippen LogP contribution in [0.15, 0.2) is 40.2 Å². The fourth-order valence-electron chi connectivity index (χ4n) is 3.40. The number of pyridine rings is 1. The van der Waals surface area contributed by atoms with Crippen LogP contribution in [0, 0.1) is 0 Å². The molecule has 4 rings (SSSR count). The van der Waals surface area contributed by atoms with E-state index in [0.717, 1.165) is 24.3 Å². The highest BCUT2D eigenvalue weighted by molar-refractivity contribution is 5.93. The van der Waals surface area contributed by atoms with Crippen molar-refractivity contribution < 1.29 is 4.79 Å². The molecule has 1 fully saturated rings. The lowest BCUT2D eigenvalue weighted by atomic mass is 9.96. The quantitative estimate of drug-likeness (QED) is 0.704. The Morgan fingerprint density at radius 3 is 2.96 bits per heavy atom. The Hall–Kier alpha value is -3.23. The molecule has 1 aliphatic heterocycles. The Kier molecular flexibility index (Phi) is 3.90. The summed E-state index contributed by atoms with van der Waals surface area (Å²) in [5, 5.41) is 8.46. The number of aryl methyl sites for hydroxylation is 1. The van der Waals surface area contributed by atoms with Crippen LogP contribution in [0.3, 0.4) is 0 Å². The Balaban J connectivity index is 1.63. The van der Waals surface area contributed by atoms with Crippen LogP contribution in [0.4, 0.5) is 0 Å². The summed E-state index contributed by atoms with van der Waals surface area (Å²) >= 11 is 0. The summed E-state index contributed by atoms with van der Waals surface area (Å²) in [6.07, 6.45) is 4.90. The van der Waals surface area contributed by atoms with E-state index >= 15 is 0 Å². The van der Waals surface area contributed by atoms with Crippen molar-refractivity contribution >= 4 is 11.6 Å². The second kappa shape index (κ2) is 6.25. The Morgan fingerprint density at radius 1 is 1.27 bits per heavy atom. The van der Waals surface area contributed by atoms with Gasteiger partial charge >= 0.3 is 5.69 Å². The molecule has 4 heterocycles. The first kappa shape index (κ1) is 16.2. The van der Waals surface area contributed by atoms with Crippen molar-refractivity contribution in [3.05, 3.63) is 62.8 Å². The zero-order valence-corrected chi connectivity index (χ0v) is 14.3. The van der Waals surface area contributed by atoms with E-state index in [1.165, 1.54) is 17.8 Å². The molecule has 0 radical (unpaired) electrons. The highest BCUT2D eigenvalue weighted by Crippen LogP contribution is 2.26. The van der Waals surface area contributed by atoms with E-state index < -0.39 is 11.2 Å². The second-order valence-corrected chi connectivity index (χ2v) is 6.49. The van der Waals surface area contributed by atoms with Gasteiger partial charge in [-0.15, -0.1) is 10.2 Å². The molecule has 9 nitrogen and oxygen atoms in total. The number of fused-ring (bicyclic) bond motifs is 1. The average molecular weight is 354 g/mol. The lowest BCUT2D eigenvalue weighted by Crippen LogP contribution is -2.43. The summed E-state index contributed by atoms with van der Waals surface area (Å²) in [7, 11) is 1.50. The van der Waals surface area contributed by atoms with Gasteiger partial charge in [-0.1, -0.05) is 6.07 Å². The molecular formula is C17H18N6O3. The Morgan fingerprint density at radius 2 is 2.12 bits per heavy atom. The number of amides is 1. The number of nitrogens with zero attached hydrogens (tertiary/aromatic N) is 5. The van der Waals surface area contributed by atoms with Crippen LogP contribution >= 0.6 is 0 Å². The highest BCUT2D eigenvalue weighted by atomic mass is 16.2. The fourth-order valence-corrected chi connectivity index (χ4v) is 3.40. The molecule has 134 valence electrons. The molecule has 0 bridgehead atoms. The van der Waals surface area contributed by atoms with Gasteiger partial charge in [-0.25, -0.2) is 4.79 Å². The van der Waals surface area contributed by atoms with Crippen molar-refractivity contribution in [3.8, 4) is 0 Å². The van der Waals surface area contributed by atoms with E-state index in [2.05, 4.69) is 15.2 Å². The summed E-state index contributed by atoms with van der Waals surface area (Å²) in [5.41, 5.74) is -0.467. The van der Waals surface area contributed by atoms with Crippen LogP contribution in [0.2, 0.25) is 0 Å². The highest BCUT2D eigenvalue weighted by Gasteiger charge is 2.29. The van der Waals surface area contributed by atoms with Gasteiger partial charge in [0.15, 0.2) is 5.65 Å². The minimum absolute atomic E-state index is 0.0288. The third-order valence-electron chi connectivity index (χ3n) is 4.75. The molecule has 1 N–H and O–H groups in total. The molecule has 0 unspecified atom stereocenters. The molecule has 1 aliphatic rings.